The molecule has 2 aromatic carbocycles. The molecule has 0 saturated carbocycles. The van der Waals surface area contributed by atoms with E-state index in [2.05, 4.69) is 101 Å². The Bertz CT molecular complexity index is 995. The van der Waals surface area contributed by atoms with Gasteiger partial charge in [-0.3, -0.25) is 0 Å². The molecule has 0 N–H and O–H groups in total. The minimum absolute atomic E-state index is 0.692. The minimum Gasteiger partial charge on any atom is -0.492 e. The zero-order valence-corrected chi connectivity index (χ0v) is 26.2. The first-order chi connectivity index (χ1) is 19.5. The van der Waals surface area contributed by atoms with E-state index in [0.29, 0.717) is 13.2 Å². The summed E-state index contributed by atoms with van der Waals surface area (Å²) in [7, 11) is 0. The summed E-state index contributed by atoms with van der Waals surface area (Å²) in [6.07, 6.45) is 7.42. The lowest BCUT2D eigenvalue weighted by atomic mass is 9.89. The van der Waals surface area contributed by atoms with Crippen LogP contribution in [0.3, 0.4) is 0 Å². The maximum atomic E-state index is 6.25. The third-order valence-corrected chi connectivity index (χ3v) is 7.74. The van der Waals surface area contributed by atoms with Crippen LogP contribution in [-0.2, 0) is 12.8 Å². The molecule has 0 spiro atoms. The summed E-state index contributed by atoms with van der Waals surface area (Å²) in [6, 6.07) is 13.4. The first kappa shape index (κ1) is 33.4. The summed E-state index contributed by atoms with van der Waals surface area (Å²) in [4.78, 5) is 4.77. The van der Waals surface area contributed by atoms with E-state index in [4.69, 9.17) is 9.47 Å². The van der Waals surface area contributed by atoms with Crippen molar-refractivity contribution in [1.29, 1.82) is 0 Å². The van der Waals surface area contributed by atoms with Crippen molar-refractivity contribution in [3.8, 4) is 11.5 Å². The van der Waals surface area contributed by atoms with Gasteiger partial charge in [0, 0.05) is 13.1 Å². The van der Waals surface area contributed by atoms with Gasteiger partial charge in [0.05, 0.1) is 0 Å². The van der Waals surface area contributed by atoms with Crippen molar-refractivity contribution in [3.05, 3.63) is 84.0 Å². The van der Waals surface area contributed by atoms with Crippen LogP contribution >= 0.6 is 0 Å². The van der Waals surface area contributed by atoms with E-state index in [0.717, 1.165) is 76.5 Å². The van der Waals surface area contributed by atoms with Gasteiger partial charge in [0.15, 0.2) is 0 Å². The molecule has 0 radical (unpaired) electrons. The lowest BCUT2D eigenvalue weighted by molar-refractivity contribution is 0.222. The second kappa shape index (κ2) is 18.5. The van der Waals surface area contributed by atoms with E-state index >= 15 is 0 Å². The van der Waals surface area contributed by atoms with Crippen LogP contribution in [0.5, 0.6) is 11.5 Å². The predicted molar refractivity (Wildman–Crippen MR) is 175 cm³/mol. The van der Waals surface area contributed by atoms with Crippen molar-refractivity contribution in [2.45, 2.75) is 67.2 Å². The second-order valence-corrected chi connectivity index (χ2v) is 10.0. The maximum Gasteiger partial charge on any atom is 0.122 e. The smallest absolute Gasteiger partial charge is 0.122 e. The average molecular weight is 547 g/mol. The van der Waals surface area contributed by atoms with Crippen LogP contribution in [0.1, 0.15) is 76.6 Å². The molecule has 0 aromatic heterocycles. The Morgan fingerprint density at radius 2 is 1.00 bits per heavy atom. The van der Waals surface area contributed by atoms with Crippen LogP contribution in [0.25, 0.3) is 11.1 Å². The molecule has 40 heavy (non-hydrogen) atoms. The highest BCUT2D eigenvalue weighted by Crippen LogP contribution is 2.35. The van der Waals surface area contributed by atoms with Gasteiger partial charge in [-0.15, -0.1) is 13.2 Å². The van der Waals surface area contributed by atoms with Crippen LogP contribution in [0, 0.1) is 0 Å². The van der Waals surface area contributed by atoms with Gasteiger partial charge in [-0.2, -0.15) is 0 Å². The first-order valence-corrected chi connectivity index (χ1v) is 15.4. The number of hydrogen-bond donors (Lipinski definition) is 0. The van der Waals surface area contributed by atoms with Gasteiger partial charge in [-0.1, -0.05) is 65.8 Å². The van der Waals surface area contributed by atoms with Gasteiger partial charge in [-0.05, 0) is 110 Å². The molecule has 0 aliphatic carbocycles. The van der Waals surface area contributed by atoms with E-state index in [1.165, 1.54) is 33.4 Å². The zero-order valence-electron chi connectivity index (χ0n) is 26.2. The highest BCUT2D eigenvalue weighted by molar-refractivity contribution is 5.91. The fraction of sp³-hybridized carbons (Fsp3) is 0.500. The van der Waals surface area contributed by atoms with Gasteiger partial charge in [-0.25, -0.2) is 0 Å². The maximum absolute atomic E-state index is 6.25. The van der Waals surface area contributed by atoms with Gasteiger partial charge < -0.3 is 19.3 Å². The molecule has 220 valence electrons. The molecule has 0 unspecified atom stereocenters. The normalized spacial score (nSPS) is 12.0. The monoisotopic (exact) mass is 546 g/mol. The third kappa shape index (κ3) is 9.67. The number of benzene rings is 2. The molecule has 0 saturated heterocycles. The molecular formula is C36H54N2O2. The molecule has 0 aliphatic rings. The molecule has 0 bridgehead atoms. The van der Waals surface area contributed by atoms with Crippen LogP contribution in [-0.4, -0.2) is 62.3 Å². The summed E-state index contributed by atoms with van der Waals surface area (Å²) >= 11 is 0. The molecule has 0 heterocycles. The highest BCUT2D eigenvalue weighted by Gasteiger charge is 2.14. The Balaban J connectivity index is 2.39. The van der Waals surface area contributed by atoms with Crippen LogP contribution in [0.2, 0.25) is 0 Å². The SMILES string of the molecule is C=CCc1cc(/C(CC)=C(\CC)c2ccc(OCCN(CC)CC)c(CC=C)c2)ccc1OCCN(CC)CC. The number of likely N-dealkylation sites (N-methyl/N-ethyl adjacent to an activating group) is 2. The number of ether oxygens (including phenoxy) is 2. The second-order valence-electron chi connectivity index (χ2n) is 10.0. The fourth-order valence-electron chi connectivity index (χ4n) is 5.28. The summed E-state index contributed by atoms with van der Waals surface area (Å²) in [5, 5.41) is 0. The molecule has 2 aromatic rings. The topological polar surface area (TPSA) is 24.9 Å². The summed E-state index contributed by atoms with van der Waals surface area (Å²) in [5.41, 5.74) is 7.66. The van der Waals surface area contributed by atoms with E-state index in [9.17, 15) is 0 Å². The summed E-state index contributed by atoms with van der Waals surface area (Å²) < 4.78 is 12.5. The number of hydrogen-bond acceptors (Lipinski definition) is 4. The van der Waals surface area contributed by atoms with Crippen LogP contribution in [0.15, 0.2) is 61.7 Å². The lowest BCUT2D eigenvalue weighted by Crippen LogP contribution is -2.28. The largest absolute Gasteiger partial charge is 0.492 e. The van der Waals surface area contributed by atoms with E-state index < -0.39 is 0 Å². The van der Waals surface area contributed by atoms with Crippen molar-refractivity contribution < 1.29 is 9.47 Å². The summed E-state index contributed by atoms with van der Waals surface area (Å²) in [5.74, 6) is 1.92. The molecule has 0 aliphatic heterocycles. The van der Waals surface area contributed by atoms with Gasteiger partial charge >= 0.3 is 0 Å². The first-order valence-electron chi connectivity index (χ1n) is 15.4. The Morgan fingerprint density at radius 3 is 1.30 bits per heavy atom. The molecule has 0 amide bonds. The van der Waals surface area contributed by atoms with Crippen molar-refractivity contribution in [2.24, 2.45) is 0 Å². The number of allylic oxidation sites excluding steroid dienone is 4. The van der Waals surface area contributed by atoms with Gasteiger partial charge in [0.2, 0.25) is 0 Å². The molecular weight excluding hydrogens is 492 g/mol. The highest BCUT2D eigenvalue weighted by atomic mass is 16.5. The Kier molecular flexibility index (Phi) is 15.5. The zero-order chi connectivity index (χ0) is 29.3. The molecule has 2 rings (SSSR count). The number of nitrogens with zero attached hydrogens (tertiary/aromatic N) is 2. The molecule has 0 fully saturated rings. The fourth-order valence-corrected chi connectivity index (χ4v) is 5.28. The number of rotatable bonds is 20. The molecule has 0 atom stereocenters. The molecule has 4 heteroatoms. The molecule has 4 nitrogen and oxygen atoms in total. The summed E-state index contributed by atoms with van der Waals surface area (Å²) in [6.45, 7) is 28.7. The standard InChI is InChI=1S/C36H54N2O2/c1-9-17-31-27-29(19-21-35(31)39-25-23-37(13-5)14-6)33(11-3)34(12-4)30-20-22-36(32(28-30)18-10-2)40-26-24-38(15-7)16-8/h9-10,19-22,27-28H,1-2,11-18,23-26H2,3-8H3/b34-33+. The van der Waals surface area contributed by atoms with Crippen LogP contribution < -0.4 is 9.47 Å². The third-order valence-electron chi connectivity index (χ3n) is 7.74. The quantitative estimate of drug-likeness (QED) is 0.123. The van der Waals surface area contributed by atoms with Gasteiger partial charge in [0.25, 0.3) is 0 Å². The Hall–Kier alpha value is -2.82. The Labute approximate surface area is 245 Å². The van der Waals surface area contributed by atoms with Crippen molar-refractivity contribution in [1.82, 2.24) is 9.80 Å². The van der Waals surface area contributed by atoms with Crippen molar-refractivity contribution in [3.63, 3.8) is 0 Å². The minimum atomic E-state index is 0.692. The predicted octanol–water partition coefficient (Wildman–Crippen LogP) is 8.32. The van der Waals surface area contributed by atoms with Crippen molar-refractivity contribution in [2.75, 3.05) is 52.5 Å². The van der Waals surface area contributed by atoms with Crippen molar-refractivity contribution >= 4 is 11.1 Å². The van der Waals surface area contributed by atoms with E-state index in [1.54, 1.807) is 0 Å². The van der Waals surface area contributed by atoms with E-state index in [-0.39, 0.29) is 0 Å². The van der Waals surface area contributed by atoms with Crippen LogP contribution in [0.4, 0.5) is 0 Å². The average Bonchev–Trinajstić information content (AvgIpc) is 2.98. The van der Waals surface area contributed by atoms with Gasteiger partial charge in [0.1, 0.15) is 24.7 Å². The van der Waals surface area contributed by atoms with E-state index in [1.807, 2.05) is 12.2 Å². The lowest BCUT2D eigenvalue weighted by Gasteiger charge is -2.21. The Morgan fingerprint density at radius 1 is 0.625 bits per heavy atom.